The van der Waals surface area contributed by atoms with E-state index >= 15 is 0 Å². The molecule has 3 rings (SSSR count). The van der Waals surface area contributed by atoms with Gasteiger partial charge in [-0.05, 0) is 49.8 Å². The molecule has 0 bridgehead atoms. The molecule has 1 aliphatic heterocycles. The zero-order valence-corrected chi connectivity index (χ0v) is 8.85. The number of halogens is 1. The highest BCUT2D eigenvalue weighted by Crippen LogP contribution is 2.32. The second-order valence-corrected chi connectivity index (χ2v) is 4.61. The summed E-state index contributed by atoms with van der Waals surface area (Å²) in [6, 6.07) is 4.37. The maximum Gasteiger partial charge on any atom is 0.131 e. The standard InChI is InChI=1S/C13H16FN/c14-13-10-4-1-3-9(10)6-7-11(13)12-5-2-8-15-12/h6-7,12,15H,1-5,8H2. The summed E-state index contributed by atoms with van der Waals surface area (Å²) >= 11 is 0. The molecule has 0 spiro atoms. The third-order valence-corrected chi connectivity index (χ3v) is 3.68. The van der Waals surface area contributed by atoms with Gasteiger partial charge in [-0.3, -0.25) is 0 Å². The quantitative estimate of drug-likeness (QED) is 0.743. The van der Waals surface area contributed by atoms with Gasteiger partial charge in [-0.1, -0.05) is 12.1 Å². The molecule has 2 heteroatoms. The Bertz CT molecular complexity index is 380. The van der Waals surface area contributed by atoms with Crippen molar-refractivity contribution in [3.63, 3.8) is 0 Å². The summed E-state index contributed by atoms with van der Waals surface area (Å²) in [5, 5.41) is 3.36. The van der Waals surface area contributed by atoms with Crippen molar-refractivity contribution in [2.24, 2.45) is 0 Å². The lowest BCUT2D eigenvalue weighted by atomic mass is 9.99. The zero-order valence-electron chi connectivity index (χ0n) is 8.85. The fourth-order valence-electron chi connectivity index (χ4n) is 2.86. The summed E-state index contributed by atoms with van der Waals surface area (Å²) in [4.78, 5) is 0. The number of fused-ring (bicyclic) bond motifs is 1. The van der Waals surface area contributed by atoms with Gasteiger partial charge in [-0.2, -0.15) is 0 Å². The van der Waals surface area contributed by atoms with E-state index in [1.54, 1.807) is 0 Å². The van der Waals surface area contributed by atoms with Gasteiger partial charge in [0.1, 0.15) is 5.82 Å². The molecule has 1 aliphatic carbocycles. The van der Waals surface area contributed by atoms with Crippen LogP contribution in [0.2, 0.25) is 0 Å². The predicted octanol–water partition coefficient (Wildman–Crippen LogP) is 2.74. The Morgan fingerprint density at radius 2 is 2.13 bits per heavy atom. The first-order valence-electron chi connectivity index (χ1n) is 5.90. The molecule has 0 amide bonds. The Hall–Kier alpha value is -0.890. The van der Waals surface area contributed by atoms with Gasteiger partial charge in [-0.25, -0.2) is 4.39 Å². The van der Waals surface area contributed by atoms with Crippen LogP contribution >= 0.6 is 0 Å². The summed E-state index contributed by atoms with van der Waals surface area (Å²) in [5.41, 5.74) is 3.11. The van der Waals surface area contributed by atoms with E-state index in [4.69, 9.17) is 0 Å². The van der Waals surface area contributed by atoms with Crippen molar-refractivity contribution < 1.29 is 4.39 Å². The van der Waals surface area contributed by atoms with Crippen LogP contribution < -0.4 is 5.32 Å². The highest BCUT2D eigenvalue weighted by Gasteiger charge is 2.24. The van der Waals surface area contributed by atoms with Crippen molar-refractivity contribution in [2.45, 2.75) is 38.1 Å². The molecule has 1 aromatic carbocycles. The minimum absolute atomic E-state index is 0.0735. The Morgan fingerprint density at radius 1 is 1.20 bits per heavy atom. The molecule has 2 aliphatic rings. The normalized spacial score (nSPS) is 24.5. The molecule has 1 fully saturated rings. The second kappa shape index (κ2) is 3.60. The molecular formula is C13H16FN. The van der Waals surface area contributed by atoms with Gasteiger partial charge >= 0.3 is 0 Å². The lowest BCUT2D eigenvalue weighted by Crippen LogP contribution is -2.15. The second-order valence-electron chi connectivity index (χ2n) is 4.61. The van der Waals surface area contributed by atoms with Gasteiger partial charge in [0, 0.05) is 11.6 Å². The van der Waals surface area contributed by atoms with Gasteiger partial charge in [0.15, 0.2) is 0 Å². The Morgan fingerprint density at radius 3 is 2.93 bits per heavy atom. The molecule has 15 heavy (non-hydrogen) atoms. The lowest BCUT2D eigenvalue weighted by molar-refractivity contribution is 0.549. The molecule has 0 radical (unpaired) electrons. The average Bonchev–Trinajstić information content (AvgIpc) is 2.87. The number of hydrogen-bond donors (Lipinski definition) is 1. The van der Waals surface area contributed by atoms with Crippen molar-refractivity contribution in [1.29, 1.82) is 0 Å². The van der Waals surface area contributed by atoms with Crippen LogP contribution in [0.5, 0.6) is 0 Å². The third-order valence-electron chi connectivity index (χ3n) is 3.68. The number of aryl methyl sites for hydroxylation is 1. The summed E-state index contributed by atoms with van der Waals surface area (Å²) in [7, 11) is 0. The van der Waals surface area contributed by atoms with Crippen LogP contribution in [0, 0.1) is 5.82 Å². The van der Waals surface area contributed by atoms with Crippen LogP contribution in [0.15, 0.2) is 12.1 Å². The van der Waals surface area contributed by atoms with E-state index in [2.05, 4.69) is 11.4 Å². The summed E-state index contributed by atoms with van der Waals surface area (Å²) < 4.78 is 14.2. The van der Waals surface area contributed by atoms with Crippen molar-refractivity contribution in [1.82, 2.24) is 5.32 Å². The van der Waals surface area contributed by atoms with Crippen molar-refractivity contribution in [3.8, 4) is 0 Å². The van der Waals surface area contributed by atoms with E-state index < -0.39 is 0 Å². The molecule has 1 N–H and O–H groups in total. The van der Waals surface area contributed by atoms with Crippen molar-refractivity contribution in [2.75, 3.05) is 6.54 Å². The van der Waals surface area contributed by atoms with Crippen molar-refractivity contribution in [3.05, 3.63) is 34.6 Å². The monoisotopic (exact) mass is 205 g/mol. The van der Waals surface area contributed by atoms with Crippen LogP contribution in [-0.2, 0) is 12.8 Å². The van der Waals surface area contributed by atoms with E-state index in [1.165, 1.54) is 12.0 Å². The summed E-state index contributed by atoms with van der Waals surface area (Å²) in [6.45, 7) is 1.03. The van der Waals surface area contributed by atoms with Crippen LogP contribution in [0.25, 0.3) is 0 Å². The number of nitrogens with one attached hydrogen (secondary N) is 1. The molecule has 1 heterocycles. The van der Waals surface area contributed by atoms with Gasteiger partial charge in [0.25, 0.3) is 0 Å². The van der Waals surface area contributed by atoms with E-state index in [9.17, 15) is 4.39 Å². The molecular weight excluding hydrogens is 189 g/mol. The number of benzene rings is 1. The summed E-state index contributed by atoms with van der Waals surface area (Å²) in [5.74, 6) is 0.0735. The molecule has 1 unspecified atom stereocenters. The fraction of sp³-hybridized carbons (Fsp3) is 0.538. The van der Waals surface area contributed by atoms with Crippen LogP contribution in [0.4, 0.5) is 4.39 Å². The van der Waals surface area contributed by atoms with E-state index in [0.717, 1.165) is 43.4 Å². The average molecular weight is 205 g/mol. The maximum atomic E-state index is 14.2. The van der Waals surface area contributed by atoms with E-state index in [1.807, 2.05) is 6.07 Å². The zero-order chi connectivity index (χ0) is 10.3. The van der Waals surface area contributed by atoms with Crippen LogP contribution in [0.1, 0.15) is 42.0 Å². The van der Waals surface area contributed by atoms with Crippen molar-refractivity contribution >= 4 is 0 Å². The van der Waals surface area contributed by atoms with E-state index in [-0.39, 0.29) is 11.9 Å². The number of hydrogen-bond acceptors (Lipinski definition) is 1. The number of rotatable bonds is 1. The molecule has 1 aromatic rings. The topological polar surface area (TPSA) is 12.0 Å². The molecule has 0 aromatic heterocycles. The van der Waals surface area contributed by atoms with E-state index in [0.29, 0.717) is 0 Å². The first-order valence-corrected chi connectivity index (χ1v) is 5.90. The summed E-state index contributed by atoms with van der Waals surface area (Å²) in [6.07, 6.45) is 5.36. The Labute approximate surface area is 89.7 Å². The fourth-order valence-corrected chi connectivity index (χ4v) is 2.86. The van der Waals surface area contributed by atoms with Crippen LogP contribution in [0.3, 0.4) is 0 Å². The first-order chi connectivity index (χ1) is 7.36. The van der Waals surface area contributed by atoms with Gasteiger partial charge < -0.3 is 5.32 Å². The molecule has 1 nitrogen and oxygen atoms in total. The lowest BCUT2D eigenvalue weighted by Gasteiger charge is -2.14. The third kappa shape index (κ3) is 1.48. The van der Waals surface area contributed by atoms with Gasteiger partial charge in [0.05, 0.1) is 0 Å². The minimum Gasteiger partial charge on any atom is -0.310 e. The molecule has 1 saturated heterocycles. The van der Waals surface area contributed by atoms with Crippen LogP contribution in [-0.4, -0.2) is 6.54 Å². The first kappa shape index (κ1) is 9.34. The SMILES string of the molecule is Fc1c(C2CCCN2)ccc2c1CCC2. The molecule has 80 valence electrons. The van der Waals surface area contributed by atoms with Gasteiger partial charge in [-0.15, -0.1) is 0 Å². The highest BCUT2D eigenvalue weighted by molar-refractivity contribution is 5.38. The largest absolute Gasteiger partial charge is 0.310 e. The maximum absolute atomic E-state index is 14.2. The molecule has 0 saturated carbocycles. The minimum atomic E-state index is 0.0735. The predicted molar refractivity (Wildman–Crippen MR) is 58.4 cm³/mol. The Kier molecular flexibility index (Phi) is 2.24. The Balaban J connectivity index is 2.01. The van der Waals surface area contributed by atoms with Gasteiger partial charge in [0.2, 0.25) is 0 Å². The highest BCUT2D eigenvalue weighted by atomic mass is 19.1. The smallest absolute Gasteiger partial charge is 0.131 e. The molecule has 1 atom stereocenters.